The Hall–Kier alpha value is -5.85. The number of ether oxygens (including phenoxy) is 5. The largest absolute Gasteiger partial charge is 0.511 e. The summed E-state index contributed by atoms with van der Waals surface area (Å²) in [5.74, 6) is -5.16. The number of epoxide rings is 1. The highest BCUT2D eigenvalue weighted by molar-refractivity contribution is 7.18. The quantitative estimate of drug-likeness (QED) is 0.0349. The second-order valence-electron chi connectivity index (χ2n) is 17.4. The molecule has 2 amide bonds. The molecule has 6 rings (SSSR count). The number of benzene rings is 2. The van der Waals surface area contributed by atoms with E-state index in [-0.39, 0.29) is 48.8 Å². The van der Waals surface area contributed by atoms with Gasteiger partial charge in [-0.1, -0.05) is 51.8 Å². The van der Waals surface area contributed by atoms with E-state index in [4.69, 9.17) is 23.7 Å². The molecule has 17 nitrogen and oxygen atoms in total. The number of nitro benzene ring substituents is 1. The van der Waals surface area contributed by atoms with Crippen molar-refractivity contribution in [2.24, 2.45) is 17.3 Å². The number of hydrogen-bond donors (Lipinski definition) is 1. The molecule has 4 heterocycles. The van der Waals surface area contributed by atoms with Gasteiger partial charge in [-0.15, -0.1) is 17.9 Å². The maximum atomic E-state index is 13.9. The van der Waals surface area contributed by atoms with Crippen molar-refractivity contribution in [3.63, 3.8) is 0 Å². The molecule has 0 aliphatic carbocycles. The van der Waals surface area contributed by atoms with Gasteiger partial charge in [-0.25, -0.2) is 9.78 Å². The minimum Gasteiger partial charge on any atom is -0.457 e. The number of nitrogens with zero attached hydrogens (tertiary/aromatic N) is 3. The Morgan fingerprint density at radius 1 is 1.11 bits per heavy atom. The van der Waals surface area contributed by atoms with Gasteiger partial charge in [0, 0.05) is 37.1 Å². The number of cyclic esters (lactones) is 1. The number of esters is 2. The van der Waals surface area contributed by atoms with Crippen molar-refractivity contribution in [1.82, 2.24) is 9.88 Å². The van der Waals surface area contributed by atoms with E-state index in [0.29, 0.717) is 43.2 Å². The SMILES string of the molecule is C=CCC1CC(C)CCCC2(C)OC2(OC(=O)OCc2ccc(OC(=O)CCCN3C(=O)C=CC3=O)c([N+](=O)[O-])c2)CC(c2ccc3sc(C)nc3c2)OC(=O)CC(O)C(C)(C)C1=O. The number of ketones is 1. The van der Waals surface area contributed by atoms with Crippen molar-refractivity contribution in [3.05, 3.63) is 87.5 Å². The lowest BCUT2D eigenvalue weighted by Gasteiger charge is -2.33. The molecule has 1 aromatic heterocycles. The van der Waals surface area contributed by atoms with Crippen molar-refractivity contribution in [1.29, 1.82) is 0 Å². The first kappa shape index (κ1) is 47.6. The van der Waals surface area contributed by atoms with Crippen molar-refractivity contribution in [2.75, 3.05) is 6.54 Å². The second-order valence-corrected chi connectivity index (χ2v) is 18.7. The number of carbonyl (C=O) groups excluding carboxylic acids is 6. The molecule has 2 fully saturated rings. The van der Waals surface area contributed by atoms with Gasteiger partial charge in [0.2, 0.25) is 5.75 Å². The molecule has 3 aliphatic rings. The van der Waals surface area contributed by atoms with E-state index in [0.717, 1.165) is 32.8 Å². The molecule has 2 saturated heterocycles. The van der Waals surface area contributed by atoms with E-state index in [9.17, 15) is 44.0 Å². The van der Waals surface area contributed by atoms with Crippen LogP contribution in [0.4, 0.5) is 10.5 Å². The van der Waals surface area contributed by atoms with Gasteiger partial charge in [0.1, 0.15) is 24.1 Å². The monoisotopic (exact) mass is 903 g/mol. The lowest BCUT2D eigenvalue weighted by Crippen LogP contribution is -2.42. The summed E-state index contributed by atoms with van der Waals surface area (Å²) < 4.78 is 30.0. The van der Waals surface area contributed by atoms with E-state index in [1.54, 1.807) is 39.0 Å². The molecule has 342 valence electrons. The standard InChI is InChI=1S/C46H53N3O14S/c1-7-10-31-21-27(2)11-8-19-45(6)46(63-45,25-35(30-14-16-36-32(23-30)47-28(3)64-36)61-41(54)24-37(50)44(4,5)42(31)55)62-43(56)59-26-29-13-15-34(33(22-29)49(57)58)60-40(53)12-9-20-48-38(51)17-18-39(48)52/h7,13-18,22-23,27,31,35,37,50H,1,8-12,19-21,24-26H2,2-6H3. The number of thiazole rings is 1. The predicted octanol–water partition coefficient (Wildman–Crippen LogP) is 7.69. The second kappa shape index (κ2) is 19.5. The average molecular weight is 904 g/mol. The summed E-state index contributed by atoms with van der Waals surface area (Å²) in [6, 6.07) is 9.04. The third-order valence-electron chi connectivity index (χ3n) is 12.2. The first-order chi connectivity index (χ1) is 30.2. The number of allylic oxidation sites excluding steroid dienone is 1. The number of amides is 2. The number of imide groups is 1. The summed E-state index contributed by atoms with van der Waals surface area (Å²) in [5.41, 5.74) is -1.59. The van der Waals surface area contributed by atoms with Crippen LogP contribution in [0.25, 0.3) is 10.2 Å². The zero-order valence-corrected chi connectivity index (χ0v) is 37.3. The summed E-state index contributed by atoms with van der Waals surface area (Å²) in [5, 5.41) is 24.2. The number of Topliss-reactive ketones (excluding diaryl/α,β-unsaturated/α-hetero) is 1. The van der Waals surface area contributed by atoms with Crippen LogP contribution in [0.3, 0.4) is 0 Å². The predicted molar refractivity (Wildman–Crippen MR) is 230 cm³/mol. The maximum Gasteiger partial charge on any atom is 0.511 e. The van der Waals surface area contributed by atoms with Crippen LogP contribution >= 0.6 is 11.3 Å². The van der Waals surface area contributed by atoms with Crippen LogP contribution in [-0.2, 0) is 49.5 Å². The van der Waals surface area contributed by atoms with Crippen LogP contribution in [0.1, 0.15) is 108 Å². The first-order valence-electron chi connectivity index (χ1n) is 21.2. The van der Waals surface area contributed by atoms with Gasteiger partial charge in [0.15, 0.2) is 0 Å². The fourth-order valence-corrected chi connectivity index (χ4v) is 9.15. The fourth-order valence-electron chi connectivity index (χ4n) is 8.35. The van der Waals surface area contributed by atoms with Crippen LogP contribution in [0, 0.1) is 34.3 Å². The molecule has 0 saturated carbocycles. The van der Waals surface area contributed by atoms with E-state index in [2.05, 4.69) is 11.6 Å². The highest BCUT2D eigenvalue weighted by Gasteiger charge is 2.71. The number of aliphatic hydroxyl groups is 1. The number of aryl methyl sites for hydroxylation is 1. The third kappa shape index (κ3) is 10.9. The van der Waals surface area contributed by atoms with E-state index in [1.807, 2.05) is 19.9 Å². The molecular formula is C46H53N3O14S. The van der Waals surface area contributed by atoms with Crippen LogP contribution in [0.15, 0.2) is 61.2 Å². The van der Waals surface area contributed by atoms with E-state index in [1.165, 1.54) is 23.5 Å². The number of aliphatic hydroxyl groups excluding tert-OH is 1. The molecule has 1 N–H and O–H groups in total. The fraction of sp³-hybridized carbons (Fsp3) is 0.500. The Balaban J connectivity index is 1.20. The molecule has 64 heavy (non-hydrogen) atoms. The summed E-state index contributed by atoms with van der Waals surface area (Å²) >= 11 is 1.49. The van der Waals surface area contributed by atoms with Crippen molar-refractivity contribution >= 4 is 62.9 Å². The minimum atomic E-state index is -1.67. The lowest BCUT2D eigenvalue weighted by atomic mass is 9.72. The Morgan fingerprint density at radius 2 is 1.84 bits per heavy atom. The number of aromatic nitrogens is 1. The Bertz CT molecular complexity index is 2360. The topological polar surface area (TPSA) is 231 Å². The summed E-state index contributed by atoms with van der Waals surface area (Å²) in [6.07, 6.45) is 2.12. The van der Waals surface area contributed by atoms with E-state index >= 15 is 0 Å². The Kier molecular flexibility index (Phi) is 14.5. The van der Waals surface area contributed by atoms with Gasteiger partial charge in [0.25, 0.3) is 17.6 Å². The van der Waals surface area contributed by atoms with Crippen LogP contribution in [-0.4, -0.2) is 79.6 Å². The third-order valence-corrected chi connectivity index (χ3v) is 13.1. The highest BCUT2D eigenvalue weighted by atomic mass is 32.1. The zero-order valence-electron chi connectivity index (χ0n) is 36.5. The molecule has 2 aromatic carbocycles. The lowest BCUT2D eigenvalue weighted by molar-refractivity contribution is -0.385. The molecule has 3 aromatic rings. The van der Waals surface area contributed by atoms with Crippen molar-refractivity contribution in [3.8, 4) is 5.75 Å². The van der Waals surface area contributed by atoms with Gasteiger partial charge in [0.05, 0.1) is 44.5 Å². The summed E-state index contributed by atoms with van der Waals surface area (Å²) in [6.45, 7) is 12.3. The minimum absolute atomic E-state index is 0.0324. The van der Waals surface area contributed by atoms with Crippen molar-refractivity contribution < 1.29 is 62.5 Å². The smallest absolute Gasteiger partial charge is 0.457 e. The highest BCUT2D eigenvalue weighted by Crippen LogP contribution is 2.57. The number of rotatable bonds is 12. The van der Waals surface area contributed by atoms with Gasteiger partial charge >= 0.3 is 23.8 Å². The normalized spacial score (nSPS) is 26.2. The molecule has 18 heteroatoms. The van der Waals surface area contributed by atoms with Crippen LogP contribution in [0.2, 0.25) is 0 Å². The summed E-state index contributed by atoms with van der Waals surface area (Å²) in [4.78, 5) is 94.1. The molecule has 0 radical (unpaired) electrons. The molecular weight excluding hydrogens is 851 g/mol. The van der Waals surface area contributed by atoms with Gasteiger partial charge in [-0.3, -0.25) is 39.0 Å². The molecule has 6 unspecified atom stereocenters. The zero-order chi connectivity index (χ0) is 46.6. The molecule has 0 spiro atoms. The summed E-state index contributed by atoms with van der Waals surface area (Å²) in [7, 11) is 0. The molecule has 3 aliphatic heterocycles. The van der Waals surface area contributed by atoms with Crippen LogP contribution in [0.5, 0.6) is 5.75 Å². The first-order valence-corrected chi connectivity index (χ1v) is 22.0. The number of hydrogen-bond acceptors (Lipinski definition) is 16. The van der Waals surface area contributed by atoms with Crippen LogP contribution < -0.4 is 4.74 Å². The van der Waals surface area contributed by atoms with Gasteiger partial charge in [-0.2, -0.15) is 0 Å². The maximum absolute atomic E-state index is 13.9. The van der Waals surface area contributed by atoms with Gasteiger partial charge in [-0.05, 0) is 74.8 Å². The number of fused-ring (bicyclic) bond motifs is 2. The van der Waals surface area contributed by atoms with Crippen molar-refractivity contribution in [2.45, 2.75) is 123 Å². The molecule has 6 atom stereocenters. The Labute approximate surface area is 373 Å². The number of carbonyl (C=O) groups is 6. The van der Waals surface area contributed by atoms with E-state index < -0.39 is 88.5 Å². The molecule has 0 bridgehead atoms. The average Bonchev–Trinajstić information content (AvgIpc) is 3.42. The Morgan fingerprint density at radius 3 is 2.55 bits per heavy atom. The van der Waals surface area contributed by atoms with Gasteiger partial charge < -0.3 is 28.8 Å². The number of nitro groups is 1.